The predicted octanol–water partition coefficient (Wildman–Crippen LogP) is 2.26. The molecular formula is C13H10F3NO4. The Balaban J connectivity index is 2.43. The summed E-state index contributed by atoms with van der Waals surface area (Å²) in [7, 11) is 1.12. The van der Waals surface area contributed by atoms with Crippen molar-refractivity contribution in [1.82, 2.24) is 4.98 Å². The molecule has 0 aliphatic heterocycles. The van der Waals surface area contributed by atoms with Crippen LogP contribution in [0, 0.1) is 0 Å². The van der Waals surface area contributed by atoms with Gasteiger partial charge in [0.05, 0.1) is 12.5 Å². The zero-order chi connectivity index (χ0) is 15.6. The highest BCUT2D eigenvalue weighted by atomic mass is 19.4. The highest BCUT2D eigenvalue weighted by molar-refractivity contribution is 5.93. The van der Waals surface area contributed by atoms with Crippen LogP contribution in [0.2, 0.25) is 0 Å². The number of hydrogen-bond acceptors (Lipinski definition) is 4. The molecule has 1 N–H and O–H groups in total. The molecule has 21 heavy (non-hydrogen) atoms. The molecule has 5 nitrogen and oxygen atoms in total. The molecule has 2 rings (SSSR count). The van der Waals surface area contributed by atoms with Gasteiger partial charge in [-0.25, -0.2) is 4.79 Å². The third kappa shape index (κ3) is 3.33. The molecule has 0 amide bonds. The third-order valence-corrected chi connectivity index (χ3v) is 2.66. The molecule has 0 aliphatic carbocycles. The van der Waals surface area contributed by atoms with E-state index in [0.717, 1.165) is 13.2 Å². The number of fused-ring (bicyclic) bond motifs is 1. The van der Waals surface area contributed by atoms with Crippen molar-refractivity contribution in [2.24, 2.45) is 0 Å². The molecule has 112 valence electrons. The number of methoxy groups -OCH3 is 1. The number of esters is 1. The van der Waals surface area contributed by atoms with E-state index in [1.807, 2.05) is 0 Å². The van der Waals surface area contributed by atoms with Crippen LogP contribution >= 0.6 is 0 Å². The van der Waals surface area contributed by atoms with Crippen molar-refractivity contribution in [3.05, 3.63) is 40.2 Å². The van der Waals surface area contributed by atoms with Crippen LogP contribution in [0.3, 0.4) is 0 Å². The number of carbonyl (C=O) groups excluding carboxylic acids is 1. The topological polar surface area (TPSA) is 68.4 Å². The molecular weight excluding hydrogens is 291 g/mol. The summed E-state index contributed by atoms with van der Waals surface area (Å²) in [5, 5.41) is 0.0394. The maximum Gasteiger partial charge on any atom is 0.422 e. The minimum atomic E-state index is -4.48. The highest BCUT2D eigenvalue weighted by Gasteiger charge is 2.28. The van der Waals surface area contributed by atoms with Crippen LogP contribution in [-0.4, -0.2) is 30.8 Å². The van der Waals surface area contributed by atoms with Gasteiger partial charge < -0.3 is 14.5 Å². The molecule has 8 heteroatoms. The van der Waals surface area contributed by atoms with Crippen molar-refractivity contribution in [1.29, 1.82) is 0 Å². The fourth-order valence-electron chi connectivity index (χ4n) is 1.71. The van der Waals surface area contributed by atoms with E-state index in [9.17, 15) is 22.8 Å². The minimum absolute atomic E-state index is 0.0394. The van der Waals surface area contributed by atoms with Crippen LogP contribution in [0.1, 0.15) is 10.4 Å². The Hall–Kier alpha value is -2.51. The van der Waals surface area contributed by atoms with Crippen molar-refractivity contribution in [3.8, 4) is 5.75 Å². The monoisotopic (exact) mass is 301 g/mol. The molecule has 0 saturated carbocycles. The van der Waals surface area contributed by atoms with Gasteiger partial charge in [-0.1, -0.05) is 0 Å². The van der Waals surface area contributed by atoms with Gasteiger partial charge in [-0.2, -0.15) is 13.2 Å². The summed E-state index contributed by atoms with van der Waals surface area (Å²) < 4.78 is 45.3. The summed E-state index contributed by atoms with van der Waals surface area (Å²) in [5.41, 5.74) is -0.516. The van der Waals surface area contributed by atoms with Gasteiger partial charge in [0, 0.05) is 11.7 Å². The summed E-state index contributed by atoms with van der Waals surface area (Å²) >= 11 is 0. The first-order valence-corrected chi connectivity index (χ1v) is 5.75. The first-order valence-electron chi connectivity index (χ1n) is 5.75. The quantitative estimate of drug-likeness (QED) is 0.883. The number of aromatic nitrogens is 1. The van der Waals surface area contributed by atoms with Gasteiger partial charge in [0.2, 0.25) is 5.43 Å². The molecule has 0 aliphatic rings. The first kappa shape index (κ1) is 14.9. The molecule has 0 bridgehead atoms. The van der Waals surface area contributed by atoms with E-state index in [1.165, 1.54) is 18.3 Å². The number of hydrogen-bond donors (Lipinski definition) is 1. The third-order valence-electron chi connectivity index (χ3n) is 2.66. The lowest BCUT2D eigenvalue weighted by molar-refractivity contribution is -0.153. The number of H-pyrrole nitrogens is 1. The van der Waals surface area contributed by atoms with Gasteiger partial charge in [-0.3, -0.25) is 4.79 Å². The number of pyridine rings is 1. The van der Waals surface area contributed by atoms with Crippen LogP contribution < -0.4 is 10.2 Å². The minimum Gasteiger partial charge on any atom is -0.484 e. The molecule has 0 radical (unpaired) electrons. The summed E-state index contributed by atoms with van der Waals surface area (Å²) in [6.07, 6.45) is -3.29. The number of ether oxygens (including phenoxy) is 2. The van der Waals surface area contributed by atoms with Crippen LogP contribution in [-0.2, 0) is 4.74 Å². The zero-order valence-corrected chi connectivity index (χ0v) is 10.8. The lowest BCUT2D eigenvalue weighted by Crippen LogP contribution is -2.20. The Kier molecular flexibility index (Phi) is 3.88. The lowest BCUT2D eigenvalue weighted by Gasteiger charge is -2.09. The van der Waals surface area contributed by atoms with Crippen LogP contribution in [0.25, 0.3) is 10.9 Å². The van der Waals surface area contributed by atoms with Crippen molar-refractivity contribution in [2.75, 3.05) is 13.7 Å². The number of nitrogens with one attached hydrogen (secondary N) is 1. The van der Waals surface area contributed by atoms with E-state index in [2.05, 4.69) is 14.5 Å². The molecule has 2 aromatic rings. The zero-order valence-electron chi connectivity index (χ0n) is 10.8. The van der Waals surface area contributed by atoms with Gasteiger partial charge in [-0.15, -0.1) is 0 Å². The van der Waals surface area contributed by atoms with Crippen molar-refractivity contribution in [3.63, 3.8) is 0 Å². The van der Waals surface area contributed by atoms with Gasteiger partial charge in [0.1, 0.15) is 11.3 Å². The maximum atomic E-state index is 12.1. The molecule has 1 heterocycles. The Morgan fingerprint density at radius 1 is 1.33 bits per heavy atom. The second-order valence-electron chi connectivity index (χ2n) is 4.13. The molecule has 0 atom stereocenters. The van der Waals surface area contributed by atoms with Gasteiger partial charge >= 0.3 is 12.1 Å². The largest absolute Gasteiger partial charge is 0.484 e. The van der Waals surface area contributed by atoms with Crippen LogP contribution in [0.15, 0.2) is 29.2 Å². The normalized spacial score (nSPS) is 11.4. The van der Waals surface area contributed by atoms with Gasteiger partial charge in [0.25, 0.3) is 0 Å². The van der Waals surface area contributed by atoms with Crippen molar-refractivity contribution < 1.29 is 27.4 Å². The molecule has 1 aromatic carbocycles. The highest BCUT2D eigenvalue weighted by Crippen LogP contribution is 2.21. The van der Waals surface area contributed by atoms with E-state index in [4.69, 9.17) is 0 Å². The Labute approximate surface area is 116 Å². The van der Waals surface area contributed by atoms with E-state index in [1.54, 1.807) is 0 Å². The van der Waals surface area contributed by atoms with E-state index in [-0.39, 0.29) is 16.7 Å². The first-order chi connectivity index (χ1) is 9.81. The predicted molar refractivity (Wildman–Crippen MR) is 67.5 cm³/mol. The van der Waals surface area contributed by atoms with E-state index in [0.29, 0.717) is 5.52 Å². The van der Waals surface area contributed by atoms with Crippen molar-refractivity contribution in [2.45, 2.75) is 6.18 Å². The Morgan fingerprint density at radius 2 is 2.05 bits per heavy atom. The molecule has 0 fully saturated rings. The Morgan fingerprint density at radius 3 is 2.67 bits per heavy atom. The fourth-order valence-corrected chi connectivity index (χ4v) is 1.71. The fraction of sp³-hybridized carbons (Fsp3) is 0.231. The maximum absolute atomic E-state index is 12.1. The lowest BCUT2D eigenvalue weighted by atomic mass is 10.1. The number of alkyl halides is 3. The number of halogens is 3. The van der Waals surface area contributed by atoms with Crippen molar-refractivity contribution >= 4 is 16.9 Å². The standard InChI is InChI=1S/C13H10F3NO4/c1-20-12(19)9-5-17-10-3-2-7(4-8(10)11(9)18)21-6-13(14,15)16/h2-5H,6H2,1H3,(H,17,18). The molecule has 0 spiro atoms. The van der Waals surface area contributed by atoms with E-state index < -0.39 is 24.2 Å². The molecule has 0 unspecified atom stereocenters. The summed E-state index contributed by atoms with van der Waals surface area (Å²) in [6.45, 7) is -1.47. The Bertz CT molecular complexity index is 736. The molecule has 1 aromatic heterocycles. The SMILES string of the molecule is COC(=O)c1c[nH]c2ccc(OCC(F)(F)F)cc2c1=O. The average Bonchev–Trinajstić information content (AvgIpc) is 2.44. The average molecular weight is 301 g/mol. The van der Waals surface area contributed by atoms with E-state index >= 15 is 0 Å². The van der Waals surface area contributed by atoms with Crippen LogP contribution in [0.5, 0.6) is 5.75 Å². The van der Waals surface area contributed by atoms with Gasteiger partial charge in [-0.05, 0) is 18.2 Å². The summed E-state index contributed by atoms with van der Waals surface area (Å²) in [6, 6.07) is 3.83. The number of benzene rings is 1. The summed E-state index contributed by atoms with van der Waals surface area (Å²) in [5.74, 6) is -0.952. The van der Waals surface area contributed by atoms with Gasteiger partial charge in [0.15, 0.2) is 6.61 Å². The molecule has 0 saturated heterocycles. The second kappa shape index (κ2) is 5.47. The van der Waals surface area contributed by atoms with Crippen LogP contribution in [0.4, 0.5) is 13.2 Å². The summed E-state index contributed by atoms with van der Waals surface area (Å²) in [4.78, 5) is 26.2. The smallest absolute Gasteiger partial charge is 0.422 e. The second-order valence-corrected chi connectivity index (χ2v) is 4.13. The number of carbonyl (C=O) groups is 1. The number of rotatable bonds is 3. The number of aromatic amines is 1.